The summed E-state index contributed by atoms with van der Waals surface area (Å²) in [5.41, 5.74) is 1.19. The summed E-state index contributed by atoms with van der Waals surface area (Å²) in [6.07, 6.45) is 1.68. The quantitative estimate of drug-likeness (QED) is 0.840. The average Bonchev–Trinajstić information content (AvgIpc) is 3.16. The molecule has 1 aliphatic heterocycles. The number of carbonyl (C=O) groups excluding carboxylic acids is 2. The molecule has 0 aliphatic carbocycles. The van der Waals surface area contributed by atoms with E-state index in [4.69, 9.17) is 4.42 Å². The molecule has 2 amide bonds. The van der Waals surface area contributed by atoms with E-state index in [1.165, 1.54) is 9.47 Å². The van der Waals surface area contributed by atoms with Gasteiger partial charge < -0.3 is 14.2 Å². The molecule has 1 aromatic carbocycles. The minimum atomic E-state index is -0.466. The van der Waals surface area contributed by atoms with E-state index in [0.717, 1.165) is 6.42 Å². The fraction of sp³-hybridized carbons (Fsp3) is 0.471. The van der Waals surface area contributed by atoms with Crippen molar-refractivity contribution in [2.75, 3.05) is 20.6 Å². The normalized spacial score (nSPS) is 17.4. The Bertz CT molecular complexity index is 821. The van der Waals surface area contributed by atoms with Crippen molar-refractivity contribution in [1.29, 1.82) is 0 Å². The Labute approximate surface area is 139 Å². The molecule has 7 heteroatoms. The number of rotatable bonds is 4. The number of nitrogens with zero attached hydrogens (tertiary/aromatic N) is 3. The topological polar surface area (TPSA) is 75.8 Å². The highest BCUT2D eigenvalue weighted by atomic mass is 16.4. The van der Waals surface area contributed by atoms with Crippen LogP contribution in [0.1, 0.15) is 19.3 Å². The lowest BCUT2D eigenvalue weighted by Crippen LogP contribution is -2.45. The van der Waals surface area contributed by atoms with Gasteiger partial charge in [-0.3, -0.25) is 14.2 Å². The third-order valence-corrected chi connectivity index (χ3v) is 4.42. The maximum Gasteiger partial charge on any atom is 0.419 e. The van der Waals surface area contributed by atoms with Gasteiger partial charge in [-0.15, -0.1) is 0 Å². The maximum atomic E-state index is 12.5. The van der Waals surface area contributed by atoms with Crippen LogP contribution in [0.25, 0.3) is 11.1 Å². The molecule has 0 radical (unpaired) electrons. The number of amides is 2. The summed E-state index contributed by atoms with van der Waals surface area (Å²) in [6, 6.07) is 6.75. The zero-order valence-corrected chi connectivity index (χ0v) is 13.9. The summed E-state index contributed by atoms with van der Waals surface area (Å²) in [6.45, 7) is 0.832. The molecular formula is C17H21N3O4. The molecule has 1 unspecified atom stereocenters. The average molecular weight is 331 g/mol. The molecule has 24 heavy (non-hydrogen) atoms. The van der Waals surface area contributed by atoms with E-state index in [9.17, 15) is 14.4 Å². The second kappa shape index (κ2) is 6.51. The number of likely N-dealkylation sites (N-methyl/N-ethyl adjacent to an activating group) is 1. The van der Waals surface area contributed by atoms with E-state index < -0.39 is 5.76 Å². The highest BCUT2D eigenvalue weighted by molar-refractivity contribution is 5.88. The predicted octanol–water partition coefficient (Wildman–Crippen LogP) is 1.06. The first-order valence-corrected chi connectivity index (χ1v) is 8.08. The number of aromatic nitrogens is 1. The smallest absolute Gasteiger partial charge is 0.408 e. The number of para-hydroxylation sites is 2. The van der Waals surface area contributed by atoms with Crippen LogP contribution >= 0.6 is 0 Å². The number of carbonyl (C=O) groups is 2. The van der Waals surface area contributed by atoms with Crippen molar-refractivity contribution in [2.45, 2.75) is 31.8 Å². The Kier molecular flexibility index (Phi) is 4.42. The van der Waals surface area contributed by atoms with Gasteiger partial charge in [0.25, 0.3) is 0 Å². The molecule has 0 saturated carbocycles. The Morgan fingerprint density at radius 2 is 2.04 bits per heavy atom. The van der Waals surface area contributed by atoms with Crippen LogP contribution in [0.2, 0.25) is 0 Å². The van der Waals surface area contributed by atoms with Gasteiger partial charge >= 0.3 is 5.76 Å². The van der Waals surface area contributed by atoms with Gasteiger partial charge in [0.1, 0.15) is 6.04 Å². The fourth-order valence-corrected chi connectivity index (χ4v) is 3.20. The van der Waals surface area contributed by atoms with Crippen LogP contribution in [0.5, 0.6) is 0 Å². The molecule has 1 aliphatic rings. The predicted molar refractivity (Wildman–Crippen MR) is 88.5 cm³/mol. The summed E-state index contributed by atoms with van der Waals surface area (Å²) < 4.78 is 6.63. The SMILES string of the molecule is CN(C)C(=O)C1CCCN1C(=O)CCn1c(=O)oc2ccccc21. The molecule has 1 aromatic heterocycles. The molecule has 1 fully saturated rings. The highest BCUT2D eigenvalue weighted by Gasteiger charge is 2.34. The summed E-state index contributed by atoms with van der Waals surface area (Å²) in [5, 5.41) is 0. The summed E-state index contributed by atoms with van der Waals surface area (Å²) in [7, 11) is 3.39. The van der Waals surface area contributed by atoms with Crippen molar-refractivity contribution in [3.63, 3.8) is 0 Å². The highest BCUT2D eigenvalue weighted by Crippen LogP contribution is 2.20. The first kappa shape index (κ1) is 16.3. The lowest BCUT2D eigenvalue weighted by molar-refractivity contribution is -0.142. The molecule has 1 saturated heterocycles. The van der Waals surface area contributed by atoms with E-state index >= 15 is 0 Å². The van der Waals surface area contributed by atoms with Crippen LogP contribution in [-0.2, 0) is 16.1 Å². The van der Waals surface area contributed by atoms with Gasteiger partial charge in [-0.25, -0.2) is 4.79 Å². The van der Waals surface area contributed by atoms with Crippen LogP contribution in [0.15, 0.2) is 33.5 Å². The number of oxazole rings is 1. The van der Waals surface area contributed by atoms with Crippen LogP contribution in [-0.4, -0.2) is 52.9 Å². The van der Waals surface area contributed by atoms with Gasteiger partial charge in [0.2, 0.25) is 11.8 Å². The second-order valence-electron chi connectivity index (χ2n) is 6.22. The molecule has 128 valence electrons. The van der Waals surface area contributed by atoms with Gasteiger partial charge in [-0.2, -0.15) is 0 Å². The first-order chi connectivity index (χ1) is 11.5. The summed E-state index contributed by atoms with van der Waals surface area (Å²) >= 11 is 0. The zero-order valence-electron chi connectivity index (χ0n) is 13.9. The Balaban J connectivity index is 1.72. The van der Waals surface area contributed by atoms with E-state index in [1.54, 1.807) is 37.2 Å². The van der Waals surface area contributed by atoms with Crippen LogP contribution < -0.4 is 5.76 Å². The fourth-order valence-electron chi connectivity index (χ4n) is 3.20. The minimum Gasteiger partial charge on any atom is -0.408 e. The molecule has 0 spiro atoms. The summed E-state index contributed by atoms with van der Waals surface area (Å²) in [4.78, 5) is 39.8. The molecular weight excluding hydrogens is 310 g/mol. The monoisotopic (exact) mass is 331 g/mol. The van der Waals surface area contributed by atoms with E-state index in [1.807, 2.05) is 6.07 Å². The molecule has 3 rings (SSSR count). The number of aryl methyl sites for hydroxylation is 1. The largest absolute Gasteiger partial charge is 0.419 e. The minimum absolute atomic E-state index is 0.0493. The van der Waals surface area contributed by atoms with Gasteiger partial charge in [-0.05, 0) is 25.0 Å². The Morgan fingerprint density at radius 3 is 2.79 bits per heavy atom. The first-order valence-electron chi connectivity index (χ1n) is 8.08. The molecule has 0 bridgehead atoms. The molecule has 1 atom stereocenters. The summed E-state index contributed by atoms with van der Waals surface area (Å²) in [5.74, 6) is -0.622. The van der Waals surface area contributed by atoms with Crippen LogP contribution in [0, 0.1) is 0 Å². The van der Waals surface area contributed by atoms with Crippen LogP contribution in [0.4, 0.5) is 0 Å². The second-order valence-corrected chi connectivity index (χ2v) is 6.22. The number of likely N-dealkylation sites (tertiary alicyclic amines) is 1. The van der Waals surface area contributed by atoms with Crippen molar-refractivity contribution in [3.05, 3.63) is 34.8 Å². The zero-order chi connectivity index (χ0) is 17.3. The lowest BCUT2D eigenvalue weighted by Gasteiger charge is -2.26. The standard InChI is InChI=1S/C17H21N3O4/c1-18(2)16(22)13-7-5-10-19(13)15(21)9-11-20-12-6-3-4-8-14(12)24-17(20)23/h3-4,6,8,13H,5,7,9-11H2,1-2H3. The van der Waals surface area contributed by atoms with Gasteiger partial charge in [0.05, 0.1) is 5.52 Å². The number of hydrogen-bond donors (Lipinski definition) is 0. The van der Waals surface area contributed by atoms with E-state index in [0.29, 0.717) is 24.1 Å². The van der Waals surface area contributed by atoms with Crippen molar-refractivity contribution in [3.8, 4) is 0 Å². The molecule has 0 N–H and O–H groups in total. The third kappa shape index (κ3) is 2.93. The molecule has 2 aromatic rings. The maximum absolute atomic E-state index is 12.5. The Morgan fingerprint density at radius 1 is 1.29 bits per heavy atom. The molecule has 7 nitrogen and oxygen atoms in total. The van der Waals surface area contributed by atoms with E-state index in [-0.39, 0.29) is 30.8 Å². The number of benzene rings is 1. The van der Waals surface area contributed by atoms with Crippen molar-refractivity contribution in [1.82, 2.24) is 14.4 Å². The number of fused-ring (bicyclic) bond motifs is 1. The van der Waals surface area contributed by atoms with Crippen molar-refractivity contribution >= 4 is 22.9 Å². The van der Waals surface area contributed by atoms with Gasteiger partial charge in [0.15, 0.2) is 5.58 Å². The van der Waals surface area contributed by atoms with Gasteiger partial charge in [-0.1, -0.05) is 12.1 Å². The third-order valence-electron chi connectivity index (χ3n) is 4.42. The lowest BCUT2D eigenvalue weighted by atomic mass is 10.2. The molecule has 2 heterocycles. The van der Waals surface area contributed by atoms with Gasteiger partial charge in [0, 0.05) is 33.6 Å². The number of hydrogen-bond acceptors (Lipinski definition) is 4. The van der Waals surface area contributed by atoms with Crippen molar-refractivity contribution in [2.24, 2.45) is 0 Å². The van der Waals surface area contributed by atoms with Crippen molar-refractivity contribution < 1.29 is 14.0 Å². The van der Waals surface area contributed by atoms with Crippen LogP contribution in [0.3, 0.4) is 0 Å². The van der Waals surface area contributed by atoms with E-state index in [2.05, 4.69) is 0 Å². The Hall–Kier alpha value is -2.57.